The van der Waals surface area contributed by atoms with Crippen molar-refractivity contribution >= 4 is 19.5 Å². The van der Waals surface area contributed by atoms with Crippen LogP contribution in [-0.4, -0.2) is 49.3 Å². The number of nitrogens with zero attached hydrogens (tertiary/aromatic N) is 1. The molecule has 0 spiro atoms. The average molecular weight is 264 g/mol. The van der Waals surface area contributed by atoms with E-state index in [1.54, 1.807) is 13.8 Å². The first-order valence-corrected chi connectivity index (χ1v) is 7.21. The highest BCUT2D eigenvalue weighted by Crippen LogP contribution is 2.47. The summed E-state index contributed by atoms with van der Waals surface area (Å²) in [5.74, 6) is -0.324. The largest absolute Gasteiger partial charge is 0.332 e. The molecule has 98 valence electrons. The van der Waals surface area contributed by atoms with Crippen LogP contribution in [0.25, 0.3) is 0 Å². The summed E-state index contributed by atoms with van der Waals surface area (Å²) in [5, 5.41) is 2.39. The number of amides is 3. The molecule has 8 heteroatoms. The quantitative estimate of drug-likeness (QED) is 0.543. The molecule has 0 aromatic heterocycles. The molecule has 0 aromatic rings. The molecule has 0 unspecified atom stereocenters. The van der Waals surface area contributed by atoms with E-state index < -0.39 is 13.6 Å². The highest BCUT2D eigenvalue weighted by atomic mass is 31.2. The summed E-state index contributed by atoms with van der Waals surface area (Å²) in [6.45, 7) is 3.97. The number of carbonyl (C=O) groups excluding carboxylic acids is 2. The van der Waals surface area contributed by atoms with Crippen molar-refractivity contribution in [2.45, 2.75) is 13.8 Å². The van der Waals surface area contributed by atoms with Gasteiger partial charge in [0.15, 0.2) is 0 Å². The number of imide groups is 1. The number of nitrogens with one attached hydrogen (secondary N) is 1. The number of rotatable bonds is 7. The Bertz CT molecular complexity index is 320. The third-order valence-corrected chi connectivity index (χ3v) is 4.24. The Morgan fingerprint density at radius 1 is 1.29 bits per heavy atom. The lowest BCUT2D eigenvalue weighted by atomic mass is 10.5. The van der Waals surface area contributed by atoms with Gasteiger partial charge in [0.25, 0.3) is 0 Å². The van der Waals surface area contributed by atoms with Crippen LogP contribution in [-0.2, 0) is 18.4 Å². The Hall–Kier alpha value is -0.910. The minimum atomic E-state index is -3.20. The number of urea groups is 1. The van der Waals surface area contributed by atoms with E-state index in [0.717, 1.165) is 4.90 Å². The maximum atomic E-state index is 12.1. The van der Waals surface area contributed by atoms with E-state index in [9.17, 15) is 14.2 Å². The maximum absolute atomic E-state index is 12.1. The molecule has 1 heterocycles. The van der Waals surface area contributed by atoms with E-state index in [4.69, 9.17) is 9.05 Å². The van der Waals surface area contributed by atoms with Crippen LogP contribution in [0.3, 0.4) is 0 Å². The molecule has 0 bridgehead atoms. The summed E-state index contributed by atoms with van der Waals surface area (Å²) in [5.41, 5.74) is 0. The summed E-state index contributed by atoms with van der Waals surface area (Å²) in [6.07, 6.45) is 0.0217. The standard InChI is InChI=1S/C9H17N2O5P/c1-3-15-17(14,16-4-2)6-5-11-8(12)7-10-9(11)13/h3-7H2,1-2H3,(H,10,13). The minimum absolute atomic E-state index is 0.00753. The van der Waals surface area contributed by atoms with Gasteiger partial charge in [-0.1, -0.05) is 0 Å². The van der Waals surface area contributed by atoms with Gasteiger partial charge in [-0.25, -0.2) is 4.79 Å². The highest BCUT2D eigenvalue weighted by molar-refractivity contribution is 7.53. The van der Waals surface area contributed by atoms with E-state index in [0.29, 0.717) is 0 Å². The molecule has 17 heavy (non-hydrogen) atoms. The summed E-state index contributed by atoms with van der Waals surface area (Å²) < 4.78 is 22.2. The predicted octanol–water partition coefficient (Wildman–Crippen LogP) is 0.804. The molecule has 1 aliphatic rings. The number of hydrogen-bond donors (Lipinski definition) is 1. The van der Waals surface area contributed by atoms with Crippen LogP contribution in [0.4, 0.5) is 4.79 Å². The third-order valence-electron chi connectivity index (χ3n) is 2.19. The van der Waals surface area contributed by atoms with Crippen LogP contribution >= 0.6 is 7.60 Å². The monoisotopic (exact) mass is 264 g/mol. The van der Waals surface area contributed by atoms with E-state index in [1.807, 2.05) is 0 Å². The van der Waals surface area contributed by atoms with Crippen molar-refractivity contribution < 1.29 is 23.2 Å². The number of carbonyl (C=O) groups is 2. The summed E-state index contributed by atoms with van der Waals surface area (Å²) in [4.78, 5) is 23.5. The molecule has 1 saturated heterocycles. The van der Waals surface area contributed by atoms with Crippen molar-refractivity contribution in [3.8, 4) is 0 Å². The van der Waals surface area contributed by atoms with Gasteiger partial charge in [-0.15, -0.1) is 0 Å². The zero-order valence-electron chi connectivity index (χ0n) is 9.97. The Balaban J connectivity index is 2.54. The Morgan fingerprint density at radius 2 is 1.88 bits per heavy atom. The van der Waals surface area contributed by atoms with Crippen LogP contribution in [0.5, 0.6) is 0 Å². The fraction of sp³-hybridized carbons (Fsp3) is 0.778. The molecule has 1 N–H and O–H groups in total. The molecule has 1 rings (SSSR count). The molecule has 7 nitrogen and oxygen atoms in total. The van der Waals surface area contributed by atoms with Crippen LogP contribution in [0.1, 0.15) is 13.8 Å². The van der Waals surface area contributed by atoms with Crippen molar-refractivity contribution in [2.24, 2.45) is 0 Å². The van der Waals surface area contributed by atoms with Crippen LogP contribution in [0.15, 0.2) is 0 Å². The highest BCUT2D eigenvalue weighted by Gasteiger charge is 2.32. The summed E-state index contributed by atoms with van der Waals surface area (Å²) in [7, 11) is -3.20. The molecular weight excluding hydrogens is 247 g/mol. The molecule has 3 amide bonds. The molecule has 0 aromatic carbocycles. The first-order valence-electron chi connectivity index (χ1n) is 5.48. The molecule has 0 saturated carbocycles. The van der Waals surface area contributed by atoms with Crippen LogP contribution in [0, 0.1) is 0 Å². The maximum Gasteiger partial charge on any atom is 0.332 e. The Labute approximate surface area is 100.0 Å². The zero-order valence-corrected chi connectivity index (χ0v) is 10.9. The van der Waals surface area contributed by atoms with Crippen molar-refractivity contribution in [3.63, 3.8) is 0 Å². The Kier molecular flexibility index (Phi) is 5.11. The topological polar surface area (TPSA) is 84.9 Å². The molecule has 0 aliphatic carbocycles. The first-order chi connectivity index (χ1) is 8.02. The summed E-state index contributed by atoms with van der Waals surface area (Å²) >= 11 is 0. The Morgan fingerprint density at radius 3 is 2.29 bits per heavy atom. The van der Waals surface area contributed by atoms with Gasteiger partial charge in [0, 0.05) is 6.54 Å². The van der Waals surface area contributed by atoms with Gasteiger partial charge in [-0.05, 0) is 13.8 Å². The molecular formula is C9H17N2O5P. The van der Waals surface area contributed by atoms with E-state index >= 15 is 0 Å². The van der Waals surface area contributed by atoms with Crippen molar-refractivity contribution in [3.05, 3.63) is 0 Å². The smallest absolute Gasteiger partial charge is 0.329 e. The SMILES string of the molecule is CCOP(=O)(CCN1C(=O)CNC1=O)OCC. The van der Waals surface area contributed by atoms with Gasteiger partial charge < -0.3 is 14.4 Å². The lowest BCUT2D eigenvalue weighted by molar-refractivity contribution is -0.124. The molecule has 1 aliphatic heterocycles. The van der Waals surface area contributed by atoms with Crippen molar-refractivity contribution in [2.75, 3.05) is 32.5 Å². The minimum Gasteiger partial charge on any atom is -0.329 e. The van der Waals surface area contributed by atoms with Gasteiger partial charge in [-0.3, -0.25) is 14.3 Å². The molecule has 1 fully saturated rings. The first kappa shape index (κ1) is 14.2. The normalized spacial score (nSPS) is 16.5. The molecule has 0 radical (unpaired) electrons. The number of hydrogen-bond acceptors (Lipinski definition) is 5. The summed E-state index contributed by atoms with van der Waals surface area (Å²) in [6, 6.07) is -0.463. The lowest BCUT2D eigenvalue weighted by Crippen LogP contribution is -2.33. The third kappa shape index (κ3) is 3.80. The van der Waals surface area contributed by atoms with Gasteiger partial charge in [-0.2, -0.15) is 0 Å². The van der Waals surface area contributed by atoms with E-state index in [-0.39, 0.29) is 38.4 Å². The van der Waals surface area contributed by atoms with Crippen molar-refractivity contribution in [1.29, 1.82) is 0 Å². The average Bonchev–Trinajstić information content (AvgIpc) is 2.57. The van der Waals surface area contributed by atoms with Crippen LogP contribution in [0.2, 0.25) is 0 Å². The van der Waals surface area contributed by atoms with Crippen molar-refractivity contribution in [1.82, 2.24) is 10.2 Å². The molecule has 0 atom stereocenters. The second kappa shape index (κ2) is 6.14. The van der Waals surface area contributed by atoms with Gasteiger partial charge in [0.2, 0.25) is 5.91 Å². The van der Waals surface area contributed by atoms with Gasteiger partial charge in [0.1, 0.15) is 0 Å². The van der Waals surface area contributed by atoms with E-state index in [1.165, 1.54) is 0 Å². The fourth-order valence-electron chi connectivity index (χ4n) is 1.46. The fourth-order valence-corrected chi connectivity index (χ4v) is 3.03. The lowest BCUT2D eigenvalue weighted by Gasteiger charge is -2.19. The van der Waals surface area contributed by atoms with Gasteiger partial charge in [0.05, 0.1) is 25.9 Å². The second-order valence-electron chi connectivity index (χ2n) is 3.37. The van der Waals surface area contributed by atoms with Gasteiger partial charge >= 0.3 is 13.6 Å². The second-order valence-corrected chi connectivity index (χ2v) is 5.56. The van der Waals surface area contributed by atoms with E-state index in [2.05, 4.69) is 5.32 Å². The zero-order chi connectivity index (χ0) is 12.9. The van der Waals surface area contributed by atoms with Crippen LogP contribution < -0.4 is 5.32 Å². The predicted molar refractivity (Wildman–Crippen MR) is 60.8 cm³/mol.